The standard InChI is InChI=1S/C16H14BrN3O2S/c1-2-7-23-16-19-14-13(15(22)20-16)11(8-12(21)18-14)9-3-5-10(17)6-4-9/h2-6,11H,1,7-8H2,(H2,18,19,20,21,22)/t11-/m1/s1. The molecule has 1 aromatic heterocycles. The van der Waals surface area contributed by atoms with Gasteiger partial charge in [0, 0.05) is 22.6 Å². The van der Waals surface area contributed by atoms with E-state index in [-0.39, 0.29) is 23.8 Å². The smallest absolute Gasteiger partial charge is 0.257 e. The monoisotopic (exact) mass is 391 g/mol. The second-order valence-corrected chi connectivity index (χ2v) is 7.01. The van der Waals surface area contributed by atoms with Crippen LogP contribution in [0.4, 0.5) is 5.82 Å². The van der Waals surface area contributed by atoms with Crippen LogP contribution in [0, 0.1) is 0 Å². The lowest BCUT2D eigenvalue weighted by molar-refractivity contribution is -0.116. The summed E-state index contributed by atoms with van der Waals surface area (Å²) in [7, 11) is 0. The van der Waals surface area contributed by atoms with Crippen molar-refractivity contribution in [1.29, 1.82) is 0 Å². The molecule has 0 bridgehead atoms. The van der Waals surface area contributed by atoms with Gasteiger partial charge in [-0.1, -0.05) is 45.9 Å². The summed E-state index contributed by atoms with van der Waals surface area (Å²) in [6.07, 6.45) is 1.96. The maximum Gasteiger partial charge on any atom is 0.257 e. The fourth-order valence-corrected chi connectivity index (χ4v) is 3.40. The number of nitrogens with one attached hydrogen (secondary N) is 2. The fourth-order valence-electron chi connectivity index (χ4n) is 2.54. The van der Waals surface area contributed by atoms with E-state index in [0.717, 1.165) is 10.0 Å². The van der Waals surface area contributed by atoms with Crippen LogP contribution in [0.2, 0.25) is 0 Å². The maximum absolute atomic E-state index is 12.5. The lowest BCUT2D eigenvalue weighted by atomic mass is 9.87. The molecule has 0 aliphatic carbocycles. The Hall–Kier alpha value is -1.86. The molecule has 5 nitrogen and oxygen atoms in total. The first-order chi connectivity index (χ1) is 11.1. The van der Waals surface area contributed by atoms with Crippen molar-refractivity contribution in [3.63, 3.8) is 0 Å². The van der Waals surface area contributed by atoms with Crippen LogP contribution in [0.25, 0.3) is 0 Å². The van der Waals surface area contributed by atoms with Gasteiger partial charge in [0.1, 0.15) is 5.82 Å². The van der Waals surface area contributed by atoms with E-state index in [1.54, 1.807) is 6.08 Å². The van der Waals surface area contributed by atoms with E-state index in [0.29, 0.717) is 22.3 Å². The third kappa shape index (κ3) is 3.40. The molecule has 1 atom stereocenters. The van der Waals surface area contributed by atoms with Crippen LogP contribution in [0.3, 0.4) is 0 Å². The number of hydrogen-bond donors (Lipinski definition) is 2. The van der Waals surface area contributed by atoms with Crippen LogP contribution in [-0.2, 0) is 4.79 Å². The molecule has 1 aliphatic rings. The molecule has 0 fully saturated rings. The van der Waals surface area contributed by atoms with Crippen LogP contribution < -0.4 is 10.9 Å². The van der Waals surface area contributed by atoms with Gasteiger partial charge in [0.2, 0.25) is 5.91 Å². The predicted molar refractivity (Wildman–Crippen MR) is 95.0 cm³/mol. The number of thioether (sulfide) groups is 1. The first-order valence-electron chi connectivity index (χ1n) is 7.01. The molecule has 0 saturated heterocycles. The van der Waals surface area contributed by atoms with Crippen LogP contribution in [0.15, 0.2) is 51.3 Å². The van der Waals surface area contributed by atoms with E-state index in [2.05, 4.69) is 37.8 Å². The largest absolute Gasteiger partial charge is 0.310 e. The normalized spacial score (nSPS) is 16.6. The van der Waals surface area contributed by atoms with Crippen molar-refractivity contribution in [1.82, 2.24) is 9.97 Å². The number of carbonyl (C=O) groups is 1. The fraction of sp³-hybridized carbons (Fsp3) is 0.188. The molecule has 2 N–H and O–H groups in total. The highest BCUT2D eigenvalue weighted by atomic mass is 79.9. The third-order valence-electron chi connectivity index (χ3n) is 3.54. The van der Waals surface area contributed by atoms with Crippen molar-refractivity contribution < 1.29 is 4.79 Å². The molecule has 0 unspecified atom stereocenters. The molecule has 0 saturated carbocycles. The minimum atomic E-state index is -0.290. The molecule has 118 valence electrons. The second kappa shape index (κ2) is 6.72. The average molecular weight is 392 g/mol. The quantitative estimate of drug-likeness (QED) is 0.476. The van der Waals surface area contributed by atoms with Crippen molar-refractivity contribution >= 4 is 39.4 Å². The molecule has 7 heteroatoms. The lowest BCUT2D eigenvalue weighted by Gasteiger charge is -2.24. The molecule has 2 heterocycles. The molecule has 0 spiro atoms. The number of aromatic amines is 1. The first kappa shape index (κ1) is 16.0. The molecular weight excluding hydrogens is 378 g/mol. The summed E-state index contributed by atoms with van der Waals surface area (Å²) in [6, 6.07) is 7.63. The van der Waals surface area contributed by atoms with E-state index in [4.69, 9.17) is 0 Å². The summed E-state index contributed by atoms with van der Waals surface area (Å²) >= 11 is 4.76. The average Bonchev–Trinajstić information content (AvgIpc) is 2.52. The summed E-state index contributed by atoms with van der Waals surface area (Å²) in [5, 5.41) is 3.19. The molecule has 0 radical (unpaired) electrons. The lowest BCUT2D eigenvalue weighted by Crippen LogP contribution is -2.31. The van der Waals surface area contributed by atoms with Crippen LogP contribution in [0.1, 0.15) is 23.5 Å². The summed E-state index contributed by atoms with van der Waals surface area (Å²) in [4.78, 5) is 31.7. The van der Waals surface area contributed by atoms with Gasteiger partial charge in [-0.05, 0) is 17.7 Å². The second-order valence-electron chi connectivity index (χ2n) is 5.09. The van der Waals surface area contributed by atoms with Crippen LogP contribution >= 0.6 is 27.7 Å². The van der Waals surface area contributed by atoms with Gasteiger partial charge in [0.25, 0.3) is 5.56 Å². The zero-order valence-corrected chi connectivity index (χ0v) is 14.5. The van der Waals surface area contributed by atoms with Crippen molar-refractivity contribution in [2.45, 2.75) is 17.5 Å². The predicted octanol–water partition coefficient (Wildman–Crippen LogP) is 3.28. The molecular formula is C16H14BrN3O2S. The van der Waals surface area contributed by atoms with Gasteiger partial charge in [0.05, 0.1) is 5.56 Å². The molecule has 1 aromatic carbocycles. The van der Waals surface area contributed by atoms with E-state index < -0.39 is 0 Å². The van der Waals surface area contributed by atoms with Crippen molar-refractivity contribution in [2.24, 2.45) is 0 Å². The molecule has 23 heavy (non-hydrogen) atoms. The van der Waals surface area contributed by atoms with Gasteiger partial charge in [-0.3, -0.25) is 9.59 Å². The first-order valence-corrected chi connectivity index (χ1v) is 8.79. The van der Waals surface area contributed by atoms with Crippen molar-refractivity contribution in [2.75, 3.05) is 11.1 Å². The van der Waals surface area contributed by atoms with Crippen LogP contribution in [0.5, 0.6) is 0 Å². The highest BCUT2D eigenvalue weighted by Gasteiger charge is 2.30. The van der Waals surface area contributed by atoms with Gasteiger partial charge in [-0.25, -0.2) is 4.98 Å². The van der Waals surface area contributed by atoms with Crippen molar-refractivity contribution in [3.05, 3.63) is 62.9 Å². The molecule has 1 aliphatic heterocycles. The number of halogens is 1. The number of aromatic nitrogens is 2. The zero-order chi connectivity index (χ0) is 16.4. The Morgan fingerprint density at radius 2 is 2.09 bits per heavy atom. The Bertz CT molecular complexity index is 817. The van der Waals surface area contributed by atoms with Gasteiger partial charge < -0.3 is 10.3 Å². The number of H-pyrrole nitrogens is 1. The number of amides is 1. The highest BCUT2D eigenvalue weighted by Crippen LogP contribution is 2.34. The number of rotatable bonds is 4. The Labute approximate surface area is 145 Å². The number of benzene rings is 1. The third-order valence-corrected chi connectivity index (χ3v) is 4.94. The van der Waals surface area contributed by atoms with E-state index >= 15 is 0 Å². The Morgan fingerprint density at radius 1 is 1.35 bits per heavy atom. The summed E-state index contributed by atoms with van der Waals surface area (Å²) < 4.78 is 0.949. The maximum atomic E-state index is 12.5. The van der Waals surface area contributed by atoms with Gasteiger partial charge >= 0.3 is 0 Å². The van der Waals surface area contributed by atoms with Crippen molar-refractivity contribution in [3.8, 4) is 0 Å². The SMILES string of the molecule is C=CCSc1nc2c(c(=O)[nH]1)[C@@H](c1ccc(Br)cc1)CC(=O)N2. The highest BCUT2D eigenvalue weighted by molar-refractivity contribution is 9.10. The van der Waals surface area contributed by atoms with E-state index in [9.17, 15) is 9.59 Å². The Morgan fingerprint density at radius 3 is 2.78 bits per heavy atom. The summed E-state index contributed by atoms with van der Waals surface area (Å²) in [5.41, 5.74) is 1.22. The Balaban J connectivity index is 2.06. The molecule has 1 amide bonds. The molecule has 2 aromatic rings. The van der Waals surface area contributed by atoms with E-state index in [1.807, 2.05) is 24.3 Å². The number of fused-ring (bicyclic) bond motifs is 1. The number of carbonyl (C=O) groups excluding carboxylic acids is 1. The minimum absolute atomic E-state index is 0.136. The number of nitrogens with zero attached hydrogens (tertiary/aromatic N) is 1. The zero-order valence-electron chi connectivity index (χ0n) is 12.1. The minimum Gasteiger partial charge on any atom is -0.310 e. The van der Waals surface area contributed by atoms with Gasteiger partial charge in [0.15, 0.2) is 5.16 Å². The topological polar surface area (TPSA) is 74.8 Å². The number of hydrogen-bond acceptors (Lipinski definition) is 4. The number of anilines is 1. The summed E-state index contributed by atoms with van der Waals surface area (Å²) in [6.45, 7) is 3.64. The van der Waals surface area contributed by atoms with Gasteiger partial charge in [-0.15, -0.1) is 6.58 Å². The summed E-state index contributed by atoms with van der Waals surface area (Å²) in [5.74, 6) is 0.556. The molecule has 3 rings (SSSR count). The van der Waals surface area contributed by atoms with Gasteiger partial charge in [-0.2, -0.15) is 0 Å². The van der Waals surface area contributed by atoms with E-state index in [1.165, 1.54) is 11.8 Å². The Kier molecular flexibility index (Phi) is 4.68. The van der Waals surface area contributed by atoms with Crippen LogP contribution in [-0.4, -0.2) is 21.6 Å².